The van der Waals surface area contributed by atoms with E-state index in [1.54, 1.807) is 42.3 Å². The highest BCUT2D eigenvalue weighted by Crippen LogP contribution is 2.34. The Kier molecular flexibility index (Phi) is 7.47. The maximum Gasteiger partial charge on any atom is 0.240 e. The molecule has 2 N–H and O–H groups in total. The quantitative estimate of drug-likeness (QED) is 0.604. The average Bonchev–Trinajstić information content (AvgIpc) is 3.18. The molecule has 0 bridgehead atoms. The highest BCUT2D eigenvalue weighted by atomic mass is 32.2. The zero-order valence-corrected chi connectivity index (χ0v) is 21.2. The van der Waals surface area contributed by atoms with Crippen molar-refractivity contribution in [2.75, 3.05) is 23.9 Å². The number of amides is 2. The lowest BCUT2D eigenvalue weighted by molar-refractivity contribution is -0.121. The van der Waals surface area contributed by atoms with E-state index in [1.165, 1.54) is 6.92 Å². The van der Waals surface area contributed by atoms with Crippen LogP contribution >= 0.6 is 0 Å². The Labute approximate surface area is 207 Å². The number of nitrogens with zero attached hydrogens (tertiary/aromatic N) is 1. The van der Waals surface area contributed by atoms with Gasteiger partial charge in [0.05, 0.1) is 12.0 Å². The second kappa shape index (κ2) is 10.4. The number of anilines is 2. The van der Waals surface area contributed by atoms with Crippen molar-refractivity contribution >= 4 is 33.2 Å². The number of carbonyl (C=O) groups excluding carboxylic acids is 2. The summed E-state index contributed by atoms with van der Waals surface area (Å²) in [6.07, 6.45) is 3.68. The van der Waals surface area contributed by atoms with Gasteiger partial charge >= 0.3 is 0 Å². The Hall–Kier alpha value is -2.91. The fourth-order valence-corrected chi connectivity index (χ4v) is 6.28. The predicted octanol–water partition coefficient (Wildman–Crippen LogP) is 3.72. The van der Waals surface area contributed by atoms with E-state index >= 15 is 0 Å². The number of carbonyl (C=O) groups is 2. The Morgan fingerprint density at radius 2 is 1.74 bits per heavy atom. The molecule has 2 amide bonds. The summed E-state index contributed by atoms with van der Waals surface area (Å²) in [4.78, 5) is 26.5. The van der Waals surface area contributed by atoms with Crippen LogP contribution in [0.25, 0.3) is 0 Å². The van der Waals surface area contributed by atoms with Crippen molar-refractivity contribution in [1.29, 1.82) is 0 Å². The van der Waals surface area contributed by atoms with E-state index < -0.39 is 10.0 Å². The summed E-state index contributed by atoms with van der Waals surface area (Å²) in [5.74, 6) is 0.809. The number of ether oxygens (including phenoxy) is 1. The monoisotopic (exact) mass is 499 g/mol. The molecule has 1 saturated carbocycles. The standard InChI is InChI=1S/C26H33N3O5S/c1-17-14-21-15-24(12-13-25(21)29(17)18(2)30)35(32,33)27-16-19-4-6-20(7-5-19)26(31)28-22-8-10-23(34-3)11-9-22/h8-13,15,17,19-20,27H,4-7,14,16H2,1-3H3,(H,28,31)/t17-,19?,20?/m0/s1. The van der Waals surface area contributed by atoms with E-state index in [0.717, 1.165) is 48.4 Å². The van der Waals surface area contributed by atoms with Crippen LogP contribution in [0.5, 0.6) is 5.75 Å². The summed E-state index contributed by atoms with van der Waals surface area (Å²) < 4.78 is 33.8. The minimum atomic E-state index is -3.66. The summed E-state index contributed by atoms with van der Waals surface area (Å²) in [5.41, 5.74) is 2.40. The molecule has 1 fully saturated rings. The molecule has 0 radical (unpaired) electrons. The molecule has 2 aromatic carbocycles. The van der Waals surface area contributed by atoms with E-state index in [0.29, 0.717) is 13.0 Å². The second-order valence-corrected chi connectivity index (χ2v) is 11.3. The predicted molar refractivity (Wildman–Crippen MR) is 135 cm³/mol. The van der Waals surface area contributed by atoms with Crippen molar-refractivity contribution in [3.05, 3.63) is 48.0 Å². The SMILES string of the molecule is COc1ccc(NC(=O)C2CCC(CNS(=O)(=O)c3ccc4c(c3)C[C@H](C)N4C(C)=O)CC2)cc1. The summed E-state index contributed by atoms with van der Waals surface area (Å²) in [7, 11) is -2.06. The molecule has 8 nitrogen and oxygen atoms in total. The minimum absolute atomic E-state index is 0.00108. The van der Waals surface area contributed by atoms with Gasteiger partial charge in [0, 0.05) is 36.8 Å². The first kappa shape index (κ1) is 25.2. The van der Waals surface area contributed by atoms with Crippen LogP contribution in [0.2, 0.25) is 0 Å². The fourth-order valence-electron chi connectivity index (χ4n) is 5.11. The van der Waals surface area contributed by atoms with Gasteiger partial charge < -0.3 is 15.0 Å². The van der Waals surface area contributed by atoms with Gasteiger partial charge in [0.15, 0.2) is 0 Å². The van der Waals surface area contributed by atoms with Crippen LogP contribution in [-0.4, -0.2) is 39.9 Å². The molecule has 1 atom stereocenters. The average molecular weight is 500 g/mol. The van der Waals surface area contributed by atoms with Gasteiger partial charge in [-0.25, -0.2) is 13.1 Å². The molecule has 35 heavy (non-hydrogen) atoms. The van der Waals surface area contributed by atoms with E-state index in [4.69, 9.17) is 4.74 Å². The van der Waals surface area contributed by atoms with Crippen molar-refractivity contribution in [2.24, 2.45) is 11.8 Å². The molecular formula is C26H33N3O5S. The maximum absolute atomic E-state index is 12.9. The molecule has 0 aromatic heterocycles. The molecule has 1 aliphatic heterocycles. The summed E-state index contributed by atoms with van der Waals surface area (Å²) in [6.45, 7) is 3.83. The van der Waals surface area contributed by atoms with Crippen LogP contribution in [0.15, 0.2) is 47.4 Å². The minimum Gasteiger partial charge on any atom is -0.497 e. The Bertz CT molecular complexity index is 1190. The molecule has 1 aliphatic carbocycles. The van der Waals surface area contributed by atoms with Gasteiger partial charge in [0.1, 0.15) is 5.75 Å². The Morgan fingerprint density at radius 3 is 2.37 bits per heavy atom. The van der Waals surface area contributed by atoms with Crippen molar-refractivity contribution < 1.29 is 22.7 Å². The van der Waals surface area contributed by atoms with Crippen LogP contribution in [0.4, 0.5) is 11.4 Å². The van der Waals surface area contributed by atoms with Crippen LogP contribution in [0.1, 0.15) is 45.1 Å². The molecule has 0 saturated heterocycles. The third-order valence-corrected chi connectivity index (χ3v) is 8.47. The van der Waals surface area contributed by atoms with Gasteiger partial charge in [-0.1, -0.05) is 0 Å². The summed E-state index contributed by atoms with van der Waals surface area (Å²) in [5, 5.41) is 2.96. The van der Waals surface area contributed by atoms with Gasteiger partial charge in [-0.2, -0.15) is 0 Å². The van der Waals surface area contributed by atoms with Crippen molar-refractivity contribution in [1.82, 2.24) is 4.72 Å². The fraction of sp³-hybridized carbons (Fsp3) is 0.462. The molecule has 188 valence electrons. The number of nitrogens with one attached hydrogen (secondary N) is 2. The highest BCUT2D eigenvalue weighted by molar-refractivity contribution is 7.89. The van der Waals surface area contributed by atoms with E-state index in [9.17, 15) is 18.0 Å². The first-order valence-electron chi connectivity index (χ1n) is 12.0. The molecule has 2 aliphatic rings. The molecule has 0 unspecified atom stereocenters. The van der Waals surface area contributed by atoms with Gasteiger partial charge in [-0.05, 0) is 93.0 Å². The number of fused-ring (bicyclic) bond motifs is 1. The summed E-state index contributed by atoms with van der Waals surface area (Å²) >= 11 is 0. The molecule has 2 aromatic rings. The van der Waals surface area contributed by atoms with E-state index in [2.05, 4.69) is 10.0 Å². The van der Waals surface area contributed by atoms with Gasteiger partial charge in [0.2, 0.25) is 21.8 Å². The Balaban J connectivity index is 1.28. The first-order chi connectivity index (χ1) is 16.7. The van der Waals surface area contributed by atoms with Gasteiger partial charge in [-0.3, -0.25) is 9.59 Å². The Morgan fingerprint density at radius 1 is 1.06 bits per heavy atom. The number of benzene rings is 2. The molecule has 9 heteroatoms. The lowest BCUT2D eigenvalue weighted by Crippen LogP contribution is -2.34. The largest absolute Gasteiger partial charge is 0.497 e. The zero-order chi connectivity index (χ0) is 25.2. The zero-order valence-electron chi connectivity index (χ0n) is 20.4. The van der Waals surface area contributed by atoms with Crippen LogP contribution in [0, 0.1) is 11.8 Å². The lowest BCUT2D eigenvalue weighted by Gasteiger charge is -2.28. The maximum atomic E-state index is 12.9. The van der Waals surface area contributed by atoms with Crippen molar-refractivity contribution in [2.45, 2.75) is 56.9 Å². The lowest BCUT2D eigenvalue weighted by atomic mass is 9.81. The number of sulfonamides is 1. The van der Waals surface area contributed by atoms with E-state index in [1.807, 2.05) is 19.1 Å². The van der Waals surface area contributed by atoms with Gasteiger partial charge in [-0.15, -0.1) is 0 Å². The van der Waals surface area contributed by atoms with Gasteiger partial charge in [0.25, 0.3) is 0 Å². The molecule has 1 heterocycles. The second-order valence-electron chi connectivity index (χ2n) is 9.52. The third-order valence-electron chi connectivity index (χ3n) is 7.05. The molecule has 4 rings (SSSR count). The van der Waals surface area contributed by atoms with Crippen molar-refractivity contribution in [3.63, 3.8) is 0 Å². The topological polar surface area (TPSA) is 105 Å². The number of hydrogen-bond donors (Lipinski definition) is 2. The smallest absolute Gasteiger partial charge is 0.240 e. The number of methoxy groups -OCH3 is 1. The van der Waals surface area contributed by atoms with Crippen LogP contribution < -0.4 is 19.7 Å². The van der Waals surface area contributed by atoms with Crippen LogP contribution in [0.3, 0.4) is 0 Å². The number of rotatable bonds is 7. The summed E-state index contributed by atoms with van der Waals surface area (Å²) in [6, 6.07) is 12.2. The van der Waals surface area contributed by atoms with E-state index in [-0.39, 0.29) is 34.6 Å². The highest BCUT2D eigenvalue weighted by Gasteiger charge is 2.31. The van der Waals surface area contributed by atoms with Crippen molar-refractivity contribution in [3.8, 4) is 5.75 Å². The molecule has 0 spiro atoms. The van der Waals surface area contributed by atoms with Crippen LogP contribution in [-0.2, 0) is 26.0 Å². The molecular weight excluding hydrogens is 466 g/mol. The third kappa shape index (κ3) is 5.67. The normalized spacial score (nSPS) is 21.9. The first-order valence-corrected chi connectivity index (χ1v) is 13.5. The number of hydrogen-bond acceptors (Lipinski definition) is 5.